The second-order valence-corrected chi connectivity index (χ2v) is 9.34. The summed E-state index contributed by atoms with van der Waals surface area (Å²) in [5.74, 6) is 0.756. The van der Waals surface area contributed by atoms with Gasteiger partial charge in [0.25, 0.3) is 0 Å². The normalized spacial score (nSPS) is 11.6. The molecule has 0 amide bonds. The Morgan fingerprint density at radius 2 is 1.27 bits per heavy atom. The van der Waals surface area contributed by atoms with Crippen LogP contribution in [-0.4, -0.2) is 9.97 Å². The molecule has 0 bridgehead atoms. The summed E-state index contributed by atoms with van der Waals surface area (Å²) in [6.45, 7) is 0. The maximum absolute atomic E-state index is 5.07. The van der Waals surface area contributed by atoms with Gasteiger partial charge in [0.1, 0.15) is 0 Å². The average molecular weight is 439 g/mol. The van der Waals surface area contributed by atoms with Crippen molar-refractivity contribution >= 4 is 53.2 Å². The Balaban J connectivity index is 1.52. The molecule has 7 rings (SSSR count). The van der Waals surface area contributed by atoms with Gasteiger partial charge in [0, 0.05) is 36.7 Å². The molecule has 0 aliphatic rings. The van der Waals surface area contributed by atoms with Crippen molar-refractivity contribution in [2.24, 2.45) is 0 Å². The zero-order valence-electron chi connectivity index (χ0n) is 17.7. The summed E-state index contributed by atoms with van der Waals surface area (Å²) in [5.41, 5.74) is 4.06. The Kier molecular flexibility index (Phi) is 4.05. The highest BCUT2D eigenvalue weighted by Crippen LogP contribution is 2.39. The van der Waals surface area contributed by atoms with E-state index in [-0.39, 0.29) is 0 Å². The predicted octanol–water partition coefficient (Wildman–Crippen LogP) is 8.48. The molecule has 0 spiro atoms. The number of hydrogen-bond acceptors (Lipinski definition) is 3. The summed E-state index contributed by atoms with van der Waals surface area (Å²) >= 11 is 1.85. The fourth-order valence-electron chi connectivity index (χ4n) is 4.70. The van der Waals surface area contributed by atoms with E-state index in [0.717, 1.165) is 33.5 Å². The van der Waals surface area contributed by atoms with Crippen LogP contribution in [0.3, 0.4) is 0 Å². The number of aromatic nitrogens is 2. The van der Waals surface area contributed by atoms with Gasteiger partial charge in [0.05, 0.1) is 11.2 Å². The lowest BCUT2D eigenvalue weighted by Gasteiger charge is -2.10. The number of fused-ring (bicyclic) bond motifs is 6. The summed E-state index contributed by atoms with van der Waals surface area (Å²) in [6, 6.07) is 38.3. The Hall–Kier alpha value is -4.08. The highest BCUT2D eigenvalue weighted by Gasteiger charge is 2.13. The topological polar surface area (TPSA) is 25.8 Å². The standard InChI is InChI=1S/C30H18N2S/c1-2-8-20(9-3-1)29-22-10-4-6-12-25(22)31-30(32-29)21-15-14-19-16-17-27-28(24(19)18-21)23-11-5-7-13-26(23)33-27/h1-18H. The molecule has 2 nitrogen and oxygen atoms in total. The summed E-state index contributed by atoms with van der Waals surface area (Å²) in [7, 11) is 0. The quantitative estimate of drug-likeness (QED) is 0.270. The van der Waals surface area contributed by atoms with E-state index in [1.54, 1.807) is 0 Å². The molecule has 0 aliphatic heterocycles. The van der Waals surface area contributed by atoms with Crippen LogP contribution in [0.4, 0.5) is 0 Å². The summed E-state index contributed by atoms with van der Waals surface area (Å²) in [6.07, 6.45) is 0. The van der Waals surface area contributed by atoms with Crippen LogP contribution in [0.25, 0.3) is 64.5 Å². The van der Waals surface area contributed by atoms with Crippen LogP contribution >= 0.6 is 11.3 Å². The SMILES string of the molecule is c1ccc(-c2nc(-c3ccc4ccc5sc6ccccc6c5c4c3)nc3ccccc23)cc1. The lowest BCUT2D eigenvalue weighted by atomic mass is 10.0. The third-order valence-corrected chi connectivity index (χ3v) is 7.40. The molecule has 0 fully saturated rings. The van der Waals surface area contributed by atoms with E-state index in [2.05, 4.69) is 91.0 Å². The van der Waals surface area contributed by atoms with Crippen molar-refractivity contribution in [2.75, 3.05) is 0 Å². The lowest BCUT2D eigenvalue weighted by molar-refractivity contribution is 1.23. The molecule has 2 aromatic heterocycles. The maximum Gasteiger partial charge on any atom is 0.160 e. The van der Waals surface area contributed by atoms with Crippen LogP contribution in [0.5, 0.6) is 0 Å². The van der Waals surface area contributed by atoms with Gasteiger partial charge in [-0.3, -0.25) is 0 Å². The van der Waals surface area contributed by atoms with Crippen molar-refractivity contribution in [1.82, 2.24) is 9.97 Å². The number of benzene rings is 5. The van der Waals surface area contributed by atoms with E-state index in [0.29, 0.717) is 0 Å². The highest BCUT2D eigenvalue weighted by molar-refractivity contribution is 7.26. The Morgan fingerprint density at radius 3 is 2.18 bits per heavy atom. The monoisotopic (exact) mass is 438 g/mol. The summed E-state index contributed by atoms with van der Waals surface area (Å²) < 4.78 is 2.63. The van der Waals surface area contributed by atoms with Crippen molar-refractivity contribution < 1.29 is 0 Å². The second-order valence-electron chi connectivity index (χ2n) is 8.25. The van der Waals surface area contributed by atoms with Crippen molar-refractivity contribution in [3.05, 3.63) is 109 Å². The minimum Gasteiger partial charge on any atom is -0.228 e. The molecule has 7 aromatic rings. The van der Waals surface area contributed by atoms with Crippen molar-refractivity contribution in [2.45, 2.75) is 0 Å². The lowest BCUT2D eigenvalue weighted by Crippen LogP contribution is -1.95. The summed E-state index contributed by atoms with van der Waals surface area (Å²) in [5, 5.41) is 6.18. The first-order valence-corrected chi connectivity index (χ1v) is 11.8. The van der Waals surface area contributed by atoms with Gasteiger partial charge in [-0.1, -0.05) is 84.9 Å². The number of thiophene rings is 1. The van der Waals surface area contributed by atoms with E-state index in [9.17, 15) is 0 Å². The molecule has 2 heterocycles. The molecular weight excluding hydrogens is 420 g/mol. The van der Waals surface area contributed by atoms with Crippen LogP contribution in [0.15, 0.2) is 109 Å². The number of para-hydroxylation sites is 1. The predicted molar refractivity (Wildman–Crippen MR) is 141 cm³/mol. The van der Waals surface area contributed by atoms with E-state index in [1.807, 2.05) is 29.5 Å². The Morgan fingerprint density at radius 1 is 0.515 bits per heavy atom. The van der Waals surface area contributed by atoms with Crippen molar-refractivity contribution in [3.8, 4) is 22.6 Å². The molecule has 0 aliphatic carbocycles. The van der Waals surface area contributed by atoms with Crippen LogP contribution in [0.1, 0.15) is 0 Å². The zero-order valence-corrected chi connectivity index (χ0v) is 18.5. The fourth-order valence-corrected chi connectivity index (χ4v) is 5.83. The first-order valence-electron chi connectivity index (χ1n) is 11.0. The van der Waals surface area contributed by atoms with E-state index in [4.69, 9.17) is 9.97 Å². The first-order chi connectivity index (χ1) is 16.3. The van der Waals surface area contributed by atoms with Crippen LogP contribution in [0, 0.1) is 0 Å². The van der Waals surface area contributed by atoms with Crippen LogP contribution in [0.2, 0.25) is 0 Å². The first kappa shape index (κ1) is 18.5. The fraction of sp³-hybridized carbons (Fsp3) is 0. The smallest absolute Gasteiger partial charge is 0.160 e. The average Bonchev–Trinajstić information content (AvgIpc) is 3.27. The van der Waals surface area contributed by atoms with Gasteiger partial charge in [-0.15, -0.1) is 11.3 Å². The highest BCUT2D eigenvalue weighted by atomic mass is 32.1. The van der Waals surface area contributed by atoms with E-state index in [1.165, 1.54) is 30.9 Å². The molecule has 0 unspecified atom stereocenters. The minimum atomic E-state index is 0.756. The van der Waals surface area contributed by atoms with E-state index < -0.39 is 0 Å². The molecular formula is C30H18N2S. The van der Waals surface area contributed by atoms with Gasteiger partial charge in [0.15, 0.2) is 5.82 Å². The number of nitrogens with zero attached hydrogens (tertiary/aromatic N) is 2. The number of rotatable bonds is 2. The molecule has 5 aromatic carbocycles. The maximum atomic E-state index is 5.07. The van der Waals surface area contributed by atoms with Gasteiger partial charge >= 0.3 is 0 Å². The molecule has 0 radical (unpaired) electrons. The van der Waals surface area contributed by atoms with Gasteiger partial charge in [-0.05, 0) is 35.0 Å². The molecule has 33 heavy (non-hydrogen) atoms. The molecule has 0 saturated heterocycles. The van der Waals surface area contributed by atoms with Gasteiger partial charge in [-0.25, -0.2) is 9.97 Å². The molecule has 154 valence electrons. The molecule has 0 saturated carbocycles. The van der Waals surface area contributed by atoms with Crippen molar-refractivity contribution in [1.29, 1.82) is 0 Å². The van der Waals surface area contributed by atoms with Crippen molar-refractivity contribution in [3.63, 3.8) is 0 Å². The Bertz CT molecular complexity index is 1820. The van der Waals surface area contributed by atoms with E-state index >= 15 is 0 Å². The van der Waals surface area contributed by atoms with Gasteiger partial charge in [0.2, 0.25) is 0 Å². The van der Waals surface area contributed by atoms with Crippen LogP contribution < -0.4 is 0 Å². The number of hydrogen-bond donors (Lipinski definition) is 0. The molecule has 0 atom stereocenters. The largest absolute Gasteiger partial charge is 0.228 e. The molecule has 0 N–H and O–H groups in total. The van der Waals surface area contributed by atoms with Gasteiger partial charge in [-0.2, -0.15) is 0 Å². The van der Waals surface area contributed by atoms with Crippen LogP contribution in [-0.2, 0) is 0 Å². The Labute approximate surface area is 194 Å². The third-order valence-electron chi connectivity index (χ3n) is 6.27. The summed E-state index contributed by atoms with van der Waals surface area (Å²) in [4.78, 5) is 10.0. The zero-order chi connectivity index (χ0) is 21.8. The minimum absolute atomic E-state index is 0.756. The molecule has 3 heteroatoms. The third kappa shape index (κ3) is 2.94. The second kappa shape index (κ2) is 7.22. The van der Waals surface area contributed by atoms with Gasteiger partial charge < -0.3 is 0 Å².